The third-order valence-electron chi connectivity index (χ3n) is 2.90. The monoisotopic (exact) mass is 169 g/mol. The summed E-state index contributed by atoms with van der Waals surface area (Å²) >= 11 is 0. The zero-order chi connectivity index (χ0) is 8.55. The second kappa shape index (κ2) is 2.94. The molecule has 2 aliphatic rings. The van der Waals surface area contributed by atoms with E-state index in [1.54, 1.807) is 0 Å². The highest BCUT2D eigenvalue weighted by atomic mass is 16.5. The Kier molecular flexibility index (Phi) is 1.92. The Morgan fingerprint density at radius 1 is 1.42 bits per heavy atom. The second-order valence-corrected chi connectivity index (χ2v) is 3.68. The van der Waals surface area contributed by atoms with Gasteiger partial charge in [-0.05, 0) is 12.3 Å². The summed E-state index contributed by atoms with van der Waals surface area (Å²) in [6.07, 6.45) is 1.13. The maximum atomic E-state index is 7.30. The number of fused-ring (bicyclic) bond motifs is 1. The van der Waals surface area contributed by atoms with Gasteiger partial charge in [0.2, 0.25) is 0 Å². The predicted molar refractivity (Wildman–Crippen MR) is 45.9 cm³/mol. The molecule has 3 N–H and O–H groups in total. The molecule has 0 saturated carbocycles. The number of piperidine rings is 1. The Balaban J connectivity index is 1.96. The van der Waals surface area contributed by atoms with Crippen molar-refractivity contribution in [3.63, 3.8) is 0 Å². The molecule has 68 valence electrons. The van der Waals surface area contributed by atoms with E-state index in [-0.39, 0.29) is 5.96 Å². The van der Waals surface area contributed by atoms with Crippen molar-refractivity contribution < 1.29 is 4.74 Å². The number of hydrogen-bond donors (Lipinski definition) is 2. The summed E-state index contributed by atoms with van der Waals surface area (Å²) in [7, 11) is 0. The molecule has 0 aliphatic carbocycles. The van der Waals surface area contributed by atoms with Crippen LogP contribution < -0.4 is 5.73 Å². The first-order valence-corrected chi connectivity index (χ1v) is 4.44. The average Bonchev–Trinajstić information content (AvgIpc) is 2.49. The van der Waals surface area contributed by atoms with Crippen molar-refractivity contribution in [2.45, 2.75) is 6.42 Å². The van der Waals surface area contributed by atoms with Crippen molar-refractivity contribution in [2.24, 2.45) is 17.6 Å². The van der Waals surface area contributed by atoms with Crippen LogP contribution in [0.4, 0.5) is 0 Å². The van der Waals surface area contributed by atoms with E-state index < -0.39 is 0 Å². The van der Waals surface area contributed by atoms with E-state index in [1.807, 2.05) is 4.90 Å². The Morgan fingerprint density at radius 3 is 2.92 bits per heavy atom. The van der Waals surface area contributed by atoms with E-state index in [2.05, 4.69) is 0 Å². The minimum absolute atomic E-state index is 0.209. The SMILES string of the molecule is N=C(N)N1CCC2COCC2C1. The third kappa shape index (κ3) is 1.27. The molecular weight excluding hydrogens is 154 g/mol. The summed E-state index contributed by atoms with van der Waals surface area (Å²) in [5.74, 6) is 1.54. The van der Waals surface area contributed by atoms with Crippen molar-refractivity contribution in [1.29, 1.82) is 5.41 Å². The molecule has 0 aromatic rings. The van der Waals surface area contributed by atoms with Gasteiger partial charge in [0.25, 0.3) is 0 Å². The van der Waals surface area contributed by atoms with E-state index in [9.17, 15) is 0 Å². The highest BCUT2D eigenvalue weighted by Gasteiger charge is 2.33. The Hall–Kier alpha value is -0.770. The largest absolute Gasteiger partial charge is 0.381 e. The maximum Gasteiger partial charge on any atom is 0.188 e. The van der Waals surface area contributed by atoms with Crippen LogP contribution in [-0.4, -0.2) is 37.2 Å². The molecule has 0 aromatic heterocycles. The molecular formula is C8H15N3O. The third-order valence-corrected chi connectivity index (χ3v) is 2.90. The van der Waals surface area contributed by atoms with E-state index >= 15 is 0 Å². The van der Waals surface area contributed by atoms with Gasteiger partial charge < -0.3 is 15.4 Å². The first-order valence-electron chi connectivity index (χ1n) is 4.44. The molecule has 2 heterocycles. The van der Waals surface area contributed by atoms with Gasteiger partial charge in [-0.25, -0.2) is 0 Å². The smallest absolute Gasteiger partial charge is 0.188 e. The van der Waals surface area contributed by atoms with Crippen molar-refractivity contribution in [3.05, 3.63) is 0 Å². The maximum absolute atomic E-state index is 7.30. The minimum Gasteiger partial charge on any atom is -0.381 e. The normalized spacial score (nSPS) is 34.8. The Morgan fingerprint density at radius 2 is 2.17 bits per heavy atom. The van der Waals surface area contributed by atoms with Gasteiger partial charge in [-0.1, -0.05) is 0 Å². The van der Waals surface area contributed by atoms with Gasteiger partial charge in [0, 0.05) is 25.6 Å². The minimum atomic E-state index is 0.209. The fraction of sp³-hybridized carbons (Fsp3) is 0.875. The fourth-order valence-corrected chi connectivity index (χ4v) is 2.08. The summed E-state index contributed by atoms with van der Waals surface area (Å²) in [6.45, 7) is 3.62. The summed E-state index contributed by atoms with van der Waals surface area (Å²) in [4.78, 5) is 1.94. The molecule has 0 amide bonds. The number of nitrogens with one attached hydrogen (secondary N) is 1. The second-order valence-electron chi connectivity index (χ2n) is 3.68. The summed E-state index contributed by atoms with van der Waals surface area (Å²) in [5, 5.41) is 7.30. The molecule has 2 saturated heterocycles. The highest BCUT2D eigenvalue weighted by Crippen LogP contribution is 2.28. The lowest BCUT2D eigenvalue weighted by Crippen LogP contribution is -2.46. The lowest BCUT2D eigenvalue weighted by molar-refractivity contribution is 0.181. The van der Waals surface area contributed by atoms with Crippen LogP contribution in [0.2, 0.25) is 0 Å². The van der Waals surface area contributed by atoms with Gasteiger partial charge in [-0.2, -0.15) is 0 Å². The number of rotatable bonds is 0. The van der Waals surface area contributed by atoms with Crippen LogP contribution in [0.3, 0.4) is 0 Å². The van der Waals surface area contributed by atoms with Crippen LogP contribution in [0.25, 0.3) is 0 Å². The molecule has 2 rings (SSSR count). The lowest BCUT2D eigenvalue weighted by atomic mass is 9.89. The van der Waals surface area contributed by atoms with Gasteiger partial charge in [-0.3, -0.25) is 5.41 Å². The van der Waals surface area contributed by atoms with Crippen molar-refractivity contribution in [1.82, 2.24) is 4.90 Å². The first kappa shape index (κ1) is 7.86. The summed E-state index contributed by atoms with van der Waals surface area (Å²) < 4.78 is 5.38. The van der Waals surface area contributed by atoms with Gasteiger partial charge in [0.05, 0.1) is 6.61 Å². The lowest BCUT2D eigenvalue weighted by Gasteiger charge is -2.33. The highest BCUT2D eigenvalue weighted by molar-refractivity contribution is 5.74. The molecule has 4 heteroatoms. The molecule has 2 fully saturated rings. The number of ether oxygens (including phenoxy) is 1. The molecule has 0 spiro atoms. The van der Waals surface area contributed by atoms with Crippen LogP contribution in [0, 0.1) is 17.2 Å². The molecule has 12 heavy (non-hydrogen) atoms. The zero-order valence-electron chi connectivity index (χ0n) is 7.12. The summed E-state index contributed by atoms with van der Waals surface area (Å²) in [5.41, 5.74) is 5.42. The van der Waals surface area contributed by atoms with Crippen LogP contribution in [0.5, 0.6) is 0 Å². The standard InChI is InChI=1S/C8H15N3O/c9-8(10)11-2-1-6-4-12-5-7(6)3-11/h6-7H,1-5H2,(H3,9,10). The van der Waals surface area contributed by atoms with E-state index in [1.165, 1.54) is 0 Å². The Bertz CT molecular complexity index is 195. The van der Waals surface area contributed by atoms with Gasteiger partial charge >= 0.3 is 0 Å². The molecule has 2 atom stereocenters. The van der Waals surface area contributed by atoms with Crippen molar-refractivity contribution in [3.8, 4) is 0 Å². The molecule has 0 aromatic carbocycles. The molecule has 2 unspecified atom stereocenters. The zero-order valence-corrected chi connectivity index (χ0v) is 7.12. The van der Waals surface area contributed by atoms with Gasteiger partial charge in [0.1, 0.15) is 0 Å². The van der Waals surface area contributed by atoms with E-state index in [4.69, 9.17) is 15.9 Å². The van der Waals surface area contributed by atoms with Crippen LogP contribution >= 0.6 is 0 Å². The molecule has 0 bridgehead atoms. The van der Waals surface area contributed by atoms with E-state index in [0.717, 1.165) is 38.6 Å². The molecule has 0 radical (unpaired) electrons. The topological polar surface area (TPSA) is 62.3 Å². The summed E-state index contributed by atoms with van der Waals surface area (Å²) in [6, 6.07) is 0. The number of guanidine groups is 1. The number of hydrogen-bond acceptors (Lipinski definition) is 2. The van der Waals surface area contributed by atoms with Crippen LogP contribution in [-0.2, 0) is 4.74 Å². The predicted octanol–water partition coefficient (Wildman–Crippen LogP) is -0.152. The van der Waals surface area contributed by atoms with Crippen molar-refractivity contribution in [2.75, 3.05) is 26.3 Å². The van der Waals surface area contributed by atoms with Crippen LogP contribution in [0.15, 0.2) is 0 Å². The van der Waals surface area contributed by atoms with Crippen molar-refractivity contribution >= 4 is 5.96 Å². The number of likely N-dealkylation sites (tertiary alicyclic amines) is 1. The fourth-order valence-electron chi connectivity index (χ4n) is 2.08. The average molecular weight is 169 g/mol. The Labute approximate surface area is 72.2 Å². The number of nitrogens with zero attached hydrogens (tertiary/aromatic N) is 1. The van der Waals surface area contributed by atoms with Gasteiger partial charge in [-0.15, -0.1) is 0 Å². The molecule has 2 aliphatic heterocycles. The quantitative estimate of drug-likeness (QED) is 0.391. The molecule has 4 nitrogen and oxygen atoms in total. The number of nitrogens with two attached hydrogens (primary N) is 1. The first-order chi connectivity index (χ1) is 5.77. The van der Waals surface area contributed by atoms with Gasteiger partial charge in [0.15, 0.2) is 5.96 Å². The van der Waals surface area contributed by atoms with E-state index in [0.29, 0.717) is 5.92 Å². The van der Waals surface area contributed by atoms with Crippen LogP contribution in [0.1, 0.15) is 6.42 Å².